The number of aromatic nitrogens is 3. The maximum atomic E-state index is 13.1. The van der Waals surface area contributed by atoms with Gasteiger partial charge in [-0.05, 0) is 44.4 Å². The molecule has 2 aromatic rings. The van der Waals surface area contributed by atoms with E-state index in [9.17, 15) is 4.79 Å². The Morgan fingerprint density at radius 1 is 1.22 bits per heavy atom. The van der Waals surface area contributed by atoms with E-state index in [1.165, 1.54) is 0 Å². The molecular formula is C23H32N4O4S. The minimum absolute atomic E-state index is 0.359. The number of methoxy groups -OCH3 is 1. The molecule has 32 heavy (non-hydrogen) atoms. The van der Waals surface area contributed by atoms with Crippen molar-refractivity contribution in [2.24, 2.45) is 0 Å². The zero-order valence-corrected chi connectivity index (χ0v) is 20.3. The van der Waals surface area contributed by atoms with E-state index < -0.39 is 6.04 Å². The molecule has 0 radical (unpaired) electrons. The number of anilines is 1. The van der Waals surface area contributed by atoms with Crippen LogP contribution in [0.25, 0.3) is 0 Å². The number of fused-ring (bicyclic) bond motifs is 1. The Morgan fingerprint density at radius 2 is 2.03 bits per heavy atom. The molecule has 0 saturated heterocycles. The molecule has 0 bridgehead atoms. The minimum atomic E-state index is -0.492. The molecule has 174 valence electrons. The van der Waals surface area contributed by atoms with E-state index in [0.29, 0.717) is 47.1 Å². The minimum Gasteiger partial charge on any atom is -0.493 e. The van der Waals surface area contributed by atoms with E-state index in [2.05, 4.69) is 17.2 Å². The van der Waals surface area contributed by atoms with Crippen LogP contribution in [0.15, 0.2) is 34.6 Å². The first-order chi connectivity index (χ1) is 15.5. The van der Waals surface area contributed by atoms with Gasteiger partial charge in [0.2, 0.25) is 11.1 Å². The van der Waals surface area contributed by atoms with E-state index >= 15 is 0 Å². The van der Waals surface area contributed by atoms with Crippen LogP contribution < -0.4 is 14.8 Å². The summed E-state index contributed by atoms with van der Waals surface area (Å²) in [6.07, 6.45) is 2.95. The van der Waals surface area contributed by atoms with Gasteiger partial charge in [-0.2, -0.15) is 4.98 Å². The van der Waals surface area contributed by atoms with Gasteiger partial charge in [-0.15, -0.1) is 5.10 Å². The molecule has 8 nitrogen and oxygen atoms in total. The first-order valence-electron chi connectivity index (χ1n) is 11.1. The summed E-state index contributed by atoms with van der Waals surface area (Å²) in [6.45, 7) is 8.77. The van der Waals surface area contributed by atoms with Gasteiger partial charge in [0.1, 0.15) is 6.04 Å². The van der Waals surface area contributed by atoms with Gasteiger partial charge in [-0.1, -0.05) is 38.1 Å². The van der Waals surface area contributed by atoms with Gasteiger partial charge >= 0.3 is 5.97 Å². The third-order valence-corrected chi connectivity index (χ3v) is 5.95. The van der Waals surface area contributed by atoms with Crippen LogP contribution in [-0.2, 0) is 9.53 Å². The summed E-state index contributed by atoms with van der Waals surface area (Å²) in [7, 11) is 1.61. The number of allylic oxidation sites excluding steroid dienone is 1. The summed E-state index contributed by atoms with van der Waals surface area (Å²) in [6, 6.07) is 5.18. The van der Waals surface area contributed by atoms with Crippen molar-refractivity contribution < 1.29 is 19.0 Å². The number of ether oxygens (including phenoxy) is 3. The van der Waals surface area contributed by atoms with Crippen molar-refractivity contribution >= 4 is 23.7 Å². The highest BCUT2D eigenvalue weighted by molar-refractivity contribution is 7.99. The molecule has 9 heteroatoms. The zero-order chi connectivity index (χ0) is 23.1. The van der Waals surface area contributed by atoms with Crippen LogP contribution in [0, 0.1) is 0 Å². The van der Waals surface area contributed by atoms with Gasteiger partial charge in [-0.3, -0.25) is 0 Å². The van der Waals surface area contributed by atoms with Gasteiger partial charge in [0.25, 0.3) is 0 Å². The van der Waals surface area contributed by atoms with Gasteiger partial charge in [0.05, 0.1) is 25.9 Å². The fourth-order valence-electron chi connectivity index (χ4n) is 3.48. The van der Waals surface area contributed by atoms with Crippen molar-refractivity contribution in [3.05, 3.63) is 35.0 Å². The topological polar surface area (TPSA) is 87.5 Å². The van der Waals surface area contributed by atoms with E-state index in [0.717, 1.165) is 30.6 Å². The standard InChI is InChI=1S/C23H32N4O4S/c1-6-9-13-32-23-25-22-24-15(4)19(21(28)31-12-7-2)20(27(22)26-23)16-10-11-17(29-5)18(14-16)30-8-3/h10-11,14,20H,6-9,12-13H2,1-5H3,(H,24,25,26). The van der Waals surface area contributed by atoms with Crippen molar-refractivity contribution in [2.45, 2.75) is 58.2 Å². The molecule has 1 N–H and O–H groups in total. The summed E-state index contributed by atoms with van der Waals surface area (Å²) in [4.78, 5) is 17.7. The third kappa shape index (κ3) is 5.20. The lowest BCUT2D eigenvalue weighted by Crippen LogP contribution is -2.29. The number of nitrogens with zero attached hydrogens (tertiary/aromatic N) is 3. The Kier molecular flexibility index (Phi) is 8.44. The number of carbonyl (C=O) groups excluding carboxylic acids is 1. The Hall–Kier alpha value is -2.68. The molecule has 1 aromatic carbocycles. The van der Waals surface area contributed by atoms with Gasteiger partial charge in [-0.25, -0.2) is 9.48 Å². The highest BCUT2D eigenvalue weighted by atomic mass is 32.2. The molecule has 0 aliphatic carbocycles. The Balaban J connectivity index is 2.07. The van der Waals surface area contributed by atoms with Crippen molar-refractivity contribution in [1.82, 2.24) is 14.8 Å². The fraction of sp³-hybridized carbons (Fsp3) is 0.522. The van der Waals surface area contributed by atoms with Crippen molar-refractivity contribution in [1.29, 1.82) is 0 Å². The summed E-state index contributed by atoms with van der Waals surface area (Å²) in [5, 5.41) is 8.66. The maximum Gasteiger partial charge on any atom is 0.338 e. The first kappa shape index (κ1) is 24.0. The highest BCUT2D eigenvalue weighted by Gasteiger charge is 2.35. The quantitative estimate of drug-likeness (QED) is 0.290. The summed E-state index contributed by atoms with van der Waals surface area (Å²) in [5.41, 5.74) is 2.05. The highest BCUT2D eigenvalue weighted by Crippen LogP contribution is 2.39. The molecule has 0 amide bonds. The molecule has 3 rings (SSSR count). The van der Waals surface area contributed by atoms with Crippen LogP contribution in [0.3, 0.4) is 0 Å². The molecular weight excluding hydrogens is 428 g/mol. The Bertz CT molecular complexity index is 973. The van der Waals surface area contributed by atoms with E-state index in [-0.39, 0.29) is 5.97 Å². The molecule has 1 unspecified atom stereocenters. The van der Waals surface area contributed by atoms with Crippen LogP contribution >= 0.6 is 11.8 Å². The van der Waals surface area contributed by atoms with Crippen molar-refractivity contribution in [3.63, 3.8) is 0 Å². The number of hydrogen-bond donors (Lipinski definition) is 1. The Morgan fingerprint density at radius 3 is 2.72 bits per heavy atom. The smallest absolute Gasteiger partial charge is 0.338 e. The van der Waals surface area contributed by atoms with Gasteiger partial charge < -0.3 is 19.5 Å². The van der Waals surface area contributed by atoms with E-state index in [4.69, 9.17) is 19.3 Å². The second-order valence-electron chi connectivity index (χ2n) is 7.41. The van der Waals surface area contributed by atoms with Crippen LogP contribution in [-0.4, -0.2) is 46.8 Å². The molecule has 1 aliphatic rings. The lowest BCUT2D eigenvalue weighted by molar-refractivity contribution is -0.139. The maximum absolute atomic E-state index is 13.1. The zero-order valence-electron chi connectivity index (χ0n) is 19.4. The average molecular weight is 461 g/mol. The number of nitrogens with one attached hydrogen (secondary N) is 1. The Labute approximate surface area is 193 Å². The van der Waals surface area contributed by atoms with Gasteiger partial charge in [0.15, 0.2) is 11.5 Å². The van der Waals surface area contributed by atoms with Crippen LogP contribution in [0.2, 0.25) is 0 Å². The van der Waals surface area contributed by atoms with Crippen LogP contribution in [0.5, 0.6) is 11.5 Å². The average Bonchev–Trinajstić information content (AvgIpc) is 3.19. The number of hydrogen-bond acceptors (Lipinski definition) is 8. The lowest BCUT2D eigenvalue weighted by Gasteiger charge is -2.28. The third-order valence-electron chi connectivity index (χ3n) is 5.02. The molecule has 1 aromatic heterocycles. The second kappa shape index (κ2) is 11.3. The number of benzene rings is 1. The molecule has 0 spiro atoms. The van der Waals surface area contributed by atoms with Gasteiger partial charge in [0, 0.05) is 11.4 Å². The van der Waals surface area contributed by atoms with Crippen molar-refractivity contribution in [3.8, 4) is 11.5 Å². The lowest BCUT2D eigenvalue weighted by atomic mass is 9.95. The SMILES string of the molecule is CCCCSc1nc2n(n1)C(c1ccc(OC)c(OCC)c1)C(C(=O)OCCC)=C(C)N2. The largest absolute Gasteiger partial charge is 0.493 e. The molecule has 1 aliphatic heterocycles. The number of carbonyl (C=O) groups is 1. The number of rotatable bonds is 11. The monoisotopic (exact) mass is 460 g/mol. The predicted molar refractivity (Wildman–Crippen MR) is 126 cm³/mol. The predicted octanol–water partition coefficient (Wildman–Crippen LogP) is 4.82. The van der Waals surface area contributed by atoms with Crippen LogP contribution in [0.4, 0.5) is 5.95 Å². The number of thioether (sulfide) groups is 1. The molecule has 2 heterocycles. The number of esters is 1. The molecule has 0 fully saturated rings. The summed E-state index contributed by atoms with van der Waals surface area (Å²) in [5.74, 6) is 2.43. The molecule has 1 atom stereocenters. The number of unbranched alkanes of at least 4 members (excludes halogenated alkanes) is 1. The summed E-state index contributed by atoms with van der Waals surface area (Å²) < 4.78 is 18.5. The fourth-order valence-corrected chi connectivity index (χ4v) is 4.39. The second-order valence-corrected chi connectivity index (χ2v) is 8.47. The van der Waals surface area contributed by atoms with E-state index in [1.807, 2.05) is 39.0 Å². The van der Waals surface area contributed by atoms with Crippen LogP contribution in [0.1, 0.15) is 58.6 Å². The first-order valence-corrected chi connectivity index (χ1v) is 12.1. The van der Waals surface area contributed by atoms with Crippen molar-refractivity contribution in [2.75, 3.05) is 31.4 Å². The van der Waals surface area contributed by atoms with E-state index in [1.54, 1.807) is 23.6 Å². The summed E-state index contributed by atoms with van der Waals surface area (Å²) >= 11 is 1.62. The normalized spacial score (nSPS) is 15.2. The molecule has 0 saturated carbocycles.